The summed E-state index contributed by atoms with van der Waals surface area (Å²) in [5, 5.41) is 8.96. The first-order valence-corrected chi connectivity index (χ1v) is 8.53. The van der Waals surface area contributed by atoms with E-state index in [1.54, 1.807) is 0 Å². The van der Waals surface area contributed by atoms with Crippen molar-refractivity contribution in [2.24, 2.45) is 5.10 Å². The summed E-state index contributed by atoms with van der Waals surface area (Å²) < 4.78 is 0. The maximum atomic E-state index is 4.75. The van der Waals surface area contributed by atoms with Gasteiger partial charge in [-0.05, 0) is 17.5 Å². The fourth-order valence-corrected chi connectivity index (χ4v) is 3.35. The molecule has 5 aromatic rings. The van der Waals surface area contributed by atoms with Crippen LogP contribution in [0.5, 0.6) is 0 Å². The second-order valence-electron chi connectivity index (χ2n) is 6.18. The smallest absolute Gasteiger partial charge is 0.154 e. The van der Waals surface area contributed by atoms with Gasteiger partial charge in [-0.15, -0.1) is 0 Å². The molecule has 4 heteroatoms. The summed E-state index contributed by atoms with van der Waals surface area (Å²) in [7, 11) is 0. The van der Waals surface area contributed by atoms with E-state index in [1.807, 2.05) is 54.9 Å². The third-order valence-corrected chi connectivity index (χ3v) is 4.60. The van der Waals surface area contributed by atoms with Gasteiger partial charge in [0, 0.05) is 33.4 Å². The van der Waals surface area contributed by atoms with E-state index >= 15 is 0 Å². The molecule has 3 aromatic carbocycles. The molecule has 2 N–H and O–H groups in total. The van der Waals surface area contributed by atoms with E-state index < -0.39 is 0 Å². The molecule has 4 nitrogen and oxygen atoms in total. The Hall–Kier alpha value is -3.66. The minimum absolute atomic E-state index is 0.760. The van der Waals surface area contributed by atoms with Crippen LogP contribution < -0.4 is 5.43 Å². The van der Waals surface area contributed by atoms with Crippen molar-refractivity contribution < 1.29 is 0 Å². The summed E-state index contributed by atoms with van der Waals surface area (Å²) in [5.41, 5.74) is 6.22. The number of anilines is 1. The van der Waals surface area contributed by atoms with Crippen molar-refractivity contribution in [3.05, 3.63) is 84.6 Å². The summed E-state index contributed by atoms with van der Waals surface area (Å²) in [6.07, 6.45) is 3.78. The van der Waals surface area contributed by atoms with Gasteiger partial charge in [0.05, 0.1) is 11.7 Å². The van der Waals surface area contributed by atoms with E-state index in [1.165, 1.54) is 5.39 Å². The molecular weight excluding hydrogens is 320 g/mol. The number of nitrogens with one attached hydrogen (secondary N) is 2. The van der Waals surface area contributed by atoms with Crippen LogP contribution in [0.15, 0.2) is 84.1 Å². The zero-order chi connectivity index (χ0) is 17.3. The van der Waals surface area contributed by atoms with Gasteiger partial charge in [0.2, 0.25) is 0 Å². The van der Waals surface area contributed by atoms with Crippen LogP contribution in [0.1, 0.15) is 5.56 Å². The van der Waals surface area contributed by atoms with Crippen LogP contribution >= 0.6 is 0 Å². The van der Waals surface area contributed by atoms with Crippen LogP contribution in [0.4, 0.5) is 5.82 Å². The highest BCUT2D eigenvalue weighted by molar-refractivity contribution is 6.10. The molecule has 0 radical (unpaired) electrons. The van der Waals surface area contributed by atoms with Crippen molar-refractivity contribution in [2.75, 3.05) is 5.43 Å². The third kappa shape index (κ3) is 2.40. The van der Waals surface area contributed by atoms with E-state index in [-0.39, 0.29) is 0 Å². The van der Waals surface area contributed by atoms with Gasteiger partial charge in [-0.1, -0.05) is 60.7 Å². The number of hydrogen-bond donors (Lipinski definition) is 2. The summed E-state index contributed by atoms with van der Waals surface area (Å²) in [6.45, 7) is 0. The number of rotatable bonds is 3. The largest absolute Gasteiger partial charge is 0.361 e. The van der Waals surface area contributed by atoms with E-state index in [0.717, 1.165) is 38.6 Å². The van der Waals surface area contributed by atoms with E-state index in [0.29, 0.717) is 0 Å². The number of aromatic nitrogens is 2. The molecule has 5 rings (SSSR count). The second-order valence-corrected chi connectivity index (χ2v) is 6.18. The minimum Gasteiger partial charge on any atom is -0.361 e. The Morgan fingerprint density at radius 3 is 2.35 bits per heavy atom. The van der Waals surface area contributed by atoms with Crippen LogP contribution in [0, 0.1) is 0 Å². The highest BCUT2D eigenvalue weighted by Crippen LogP contribution is 2.29. The molecule has 0 spiro atoms. The van der Waals surface area contributed by atoms with E-state index in [2.05, 4.69) is 45.8 Å². The predicted octanol–water partition coefficient (Wildman–Crippen LogP) is 5.32. The zero-order valence-electron chi connectivity index (χ0n) is 14.0. The summed E-state index contributed by atoms with van der Waals surface area (Å²) in [5.74, 6) is 0.760. The second kappa shape index (κ2) is 6.01. The lowest BCUT2D eigenvalue weighted by molar-refractivity contribution is 1.28. The number of nitrogens with zero attached hydrogens (tertiary/aromatic N) is 2. The number of aromatic amines is 1. The van der Waals surface area contributed by atoms with Crippen LogP contribution in [0.25, 0.3) is 32.6 Å². The number of pyridine rings is 1. The third-order valence-electron chi connectivity index (χ3n) is 4.60. The monoisotopic (exact) mass is 336 g/mol. The maximum absolute atomic E-state index is 4.75. The zero-order valence-corrected chi connectivity index (χ0v) is 14.0. The fourth-order valence-electron chi connectivity index (χ4n) is 3.35. The Morgan fingerprint density at radius 1 is 0.769 bits per heavy atom. The molecule has 0 saturated heterocycles. The summed E-state index contributed by atoms with van der Waals surface area (Å²) in [4.78, 5) is 8.01. The molecule has 0 unspecified atom stereocenters. The molecule has 0 atom stereocenters. The van der Waals surface area contributed by atoms with Crippen molar-refractivity contribution in [1.29, 1.82) is 0 Å². The number of H-pyrrole nitrogens is 1. The van der Waals surface area contributed by atoms with Gasteiger partial charge in [-0.25, -0.2) is 4.98 Å². The fraction of sp³-hybridized carbons (Fsp3) is 0. The lowest BCUT2D eigenvalue weighted by Crippen LogP contribution is -1.96. The Labute approximate surface area is 150 Å². The normalized spacial score (nSPS) is 11.7. The molecule has 26 heavy (non-hydrogen) atoms. The molecule has 0 aliphatic carbocycles. The number of para-hydroxylation sites is 2. The quantitative estimate of drug-likeness (QED) is 0.266. The molecule has 0 fully saturated rings. The molecule has 124 valence electrons. The van der Waals surface area contributed by atoms with Gasteiger partial charge >= 0.3 is 0 Å². The average Bonchev–Trinajstić information content (AvgIpc) is 3.11. The average molecular weight is 336 g/mol. The van der Waals surface area contributed by atoms with Crippen molar-refractivity contribution >= 4 is 44.6 Å². The first-order valence-electron chi connectivity index (χ1n) is 8.53. The van der Waals surface area contributed by atoms with Gasteiger partial charge in [0.1, 0.15) is 0 Å². The Bertz CT molecular complexity index is 1270. The van der Waals surface area contributed by atoms with Gasteiger partial charge in [-0.2, -0.15) is 5.10 Å². The van der Waals surface area contributed by atoms with Crippen LogP contribution in [-0.2, 0) is 0 Å². The SMILES string of the molecule is C(=N/Nc1nc2ccccc2c2ccccc12)/c1c[nH]c2ccccc12. The molecule has 2 heterocycles. The predicted molar refractivity (Wildman–Crippen MR) is 109 cm³/mol. The standard InChI is InChI=1S/C22H16N4/c1-2-10-19-17(8-1)18-9-4-6-12-21(18)25-22(19)26-24-14-15-13-23-20-11-5-3-7-16(15)20/h1-14,23H,(H,25,26)/b24-14-. The number of fused-ring (bicyclic) bond motifs is 4. The topological polar surface area (TPSA) is 53.1 Å². The minimum atomic E-state index is 0.760. The molecule has 0 aliphatic rings. The van der Waals surface area contributed by atoms with Gasteiger partial charge in [0.25, 0.3) is 0 Å². The number of hydrazone groups is 1. The van der Waals surface area contributed by atoms with Crippen molar-refractivity contribution in [3.63, 3.8) is 0 Å². The maximum Gasteiger partial charge on any atom is 0.154 e. The Morgan fingerprint density at radius 2 is 1.46 bits per heavy atom. The lowest BCUT2D eigenvalue weighted by Gasteiger charge is -2.08. The molecule has 0 saturated carbocycles. The van der Waals surface area contributed by atoms with Gasteiger partial charge in [-0.3, -0.25) is 5.43 Å². The van der Waals surface area contributed by atoms with E-state index in [9.17, 15) is 0 Å². The van der Waals surface area contributed by atoms with Gasteiger partial charge < -0.3 is 4.98 Å². The molecule has 0 aliphatic heterocycles. The summed E-state index contributed by atoms with van der Waals surface area (Å²) in [6, 6.07) is 24.6. The molecule has 0 amide bonds. The summed E-state index contributed by atoms with van der Waals surface area (Å²) >= 11 is 0. The van der Waals surface area contributed by atoms with E-state index in [4.69, 9.17) is 4.98 Å². The number of hydrogen-bond acceptors (Lipinski definition) is 3. The Kier molecular flexibility index (Phi) is 3.39. The molecule has 0 bridgehead atoms. The first kappa shape index (κ1) is 14.7. The highest BCUT2D eigenvalue weighted by atomic mass is 15.3. The Balaban J connectivity index is 1.56. The van der Waals surface area contributed by atoms with Crippen molar-refractivity contribution in [1.82, 2.24) is 9.97 Å². The first-order chi connectivity index (χ1) is 12.9. The molecular formula is C22H16N4. The highest BCUT2D eigenvalue weighted by Gasteiger charge is 2.07. The van der Waals surface area contributed by atoms with Crippen LogP contribution in [0.3, 0.4) is 0 Å². The number of benzene rings is 3. The van der Waals surface area contributed by atoms with Gasteiger partial charge in [0.15, 0.2) is 5.82 Å². The van der Waals surface area contributed by atoms with Crippen LogP contribution in [0.2, 0.25) is 0 Å². The lowest BCUT2D eigenvalue weighted by atomic mass is 10.1. The molecule has 2 aromatic heterocycles. The van der Waals surface area contributed by atoms with Crippen molar-refractivity contribution in [3.8, 4) is 0 Å². The van der Waals surface area contributed by atoms with Crippen LogP contribution in [-0.4, -0.2) is 16.2 Å². The van der Waals surface area contributed by atoms with Crippen molar-refractivity contribution in [2.45, 2.75) is 0 Å².